The number of nitrogens with two attached hydrogens (primary N) is 1. The van der Waals surface area contributed by atoms with Crippen LogP contribution in [0.15, 0.2) is 12.3 Å². The zero-order valence-electron chi connectivity index (χ0n) is 16.0. The molecule has 0 saturated carbocycles. The molecule has 2 saturated heterocycles. The predicted molar refractivity (Wildman–Crippen MR) is 101 cm³/mol. The fourth-order valence-corrected chi connectivity index (χ4v) is 3.39. The fraction of sp³-hybridized carbons (Fsp3) is 0.500. The summed E-state index contributed by atoms with van der Waals surface area (Å²) in [6.07, 6.45) is -3.86. The van der Waals surface area contributed by atoms with Crippen LogP contribution >= 0.6 is 0 Å². The lowest BCUT2D eigenvalue weighted by Gasteiger charge is -2.31. The van der Waals surface area contributed by atoms with Crippen molar-refractivity contribution in [2.24, 2.45) is 0 Å². The van der Waals surface area contributed by atoms with Crippen molar-refractivity contribution in [2.45, 2.75) is 6.18 Å². The standard InChI is InChI=1S/C18H20F4N6O2/c19-14-15(11-10-24-13(23)9-12(11)18(20,21)22)25-17(28-3-7-30-8-4-28)26-16(14)27-1-5-29-6-2-27/h9-10H,1-8H2,(H2,23,24). The van der Waals surface area contributed by atoms with E-state index < -0.39 is 28.8 Å². The monoisotopic (exact) mass is 428 g/mol. The largest absolute Gasteiger partial charge is 0.417 e. The minimum absolute atomic E-state index is 0.0604. The Morgan fingerprint density at radius 3 is 2.13 bits per heavy atom. The molecular formula is C18H20F4N6O2. The van der Waals surface area contributed by atoms with Gasteiger partial charge in [0.1, 0.15) is 11.5 Å². The summed E-state index contributed by atoms with van der Waals surface area (Å²) in [5.41, 5.74) is 3.40. The van der Waals surface area contributed by atoms with E-state index in [1.54, 1.807) is 9.80 Å². The number of alkyl halides is 3. The third kappa shape index (κ3) is 4.10. The quantitative estimate of drug-likeness (QED) is 0.743. The minimum Gasteiger partial charge on any atom is -0.384 e. The highest BCUT2D eigenvalue weighted by Gasteiger charge is 2.36. The number of nitrogen functional groups attached to an aromatic ring is 1. The summed E-state index contributed by atoms with van der Waals surface area (Å²) in [5, 5.41) is 0. The second-order valence-corrected chi connectivity index (χ2v) is 6.86. The van der Waals surface area contributed by atoms with Gasteiger partial charge in [0.15, 0.2) is 11.6 Å². The topological polar surface area (TPSA) is 89.6 Å². The number of aromatic nitrogens is 3. The van der Waals surface area contributed by atoms with Crippen molar-refractivity contribution in [3.63, 3.8) is 0 Å². The van der Waals surface area contributed by atoms with Gasteiger partial charge in [-0.2, -0.15) is 18.2 Å². The van der Waals surface area contributed by atoms with Gasteiger partial charge in [-0.3, -0.25) is 0 Å². The first kappa shape index (κ1) is 20.5. The van der Waals surface area contributed by atoms with Crippen molar-refractivity contribution in [2.75, 3.05) is 68.1 Å². The van der Waals surface area contributed by atoms with Gasteiger partial charge >= 0.3 is 6.18 Å². The predicted octanol–water partition coefficient (Wildman–Crippen LogP) is 1.95. The number of hydrogen-bond donors (Lipinski definition) is 1. The van der Waals surface area contributed by atoms with Crippen LogP contribution in [0.3, 0.4) is 0 Å². The second kappa shape index (κ2) is 8.19. The molecule has 0 atom stereocenters. The average molecular weight is 428 g/mol. The molecule has 0 amide bonds. The van der Waals surface area contributed by atoms with Crippen molar-refractivity contribution >= 4 is 17.6 Å². The molecule has 8 nitrogen and oxygen atoms in total. The Bertz CT molecular complexity index is 914. The Kier molecular flexibility index (Phi) is 5.60. The Balaban J connectivity index is 1.88. The Morgan fingerprint density at radius 2 is 1.53 bits per heavy atom. The number of morpholine rings is 2. The lowest BCUT2D eigenvalue weighted by atomic mass is 10.1. The fourth-order valence-electron chi connectivity index (χ4n) is 3.39. The van der Waals surface area contributed by atoms with Gasteiger partial charge in [0.05, 0.1) is 32.0 Å². The van der Waals surface area contributed by atoms with E-state index in [1.807, 2.05) is 0 Å². The van der Waals surface area contributed by atoms with Gasteiger partial charge in [0, 0.05) is 37.9 Å². The third-order valence-electron chi connectivity index (χ3n) is 4.91. The van der Waals surface area contributed by atoms with Gasteiger partial charge in [-0.25, -0.2) is 14.4 Å². The summed E-state index contributed by atoms with van der Waals surface area (Å²) < 4.78 is 67.0. The third-order valence-corrected chi connectivity index (χ3v) is 4.91. The number of halogens is 4. The maximum atomic E-state index is 15.5. The smallest absolute Gasteiger partial charge is 0.384 e. The van der Waals surface area contributed by atoms with E-state index in [1.165, 1.54) is 0 Å². The van der Waals surface area contributed by atoms with Gasteiger partial charge in [-0.05, 0) is 6.07 Å². The second-order valence-electron chi connectivity index (χ2n) is 6.86. The molecular weight excluding hydrogens is 408 g/mol. The molecule has 2 N–H and O–H groups in total. The molecule has 2 aliphatic rings. The first-order valence-corrected chi connectivity index (χ1v) is 9.40. The first-order chi connectivity index (χ1) is 14.3. The summed E-state index contributed by atoms with van der Waals surface area (Å²) in [6, 6.07) is 0.680. The molecule has 30 heavy (non-hydrogen) atoms. The molecule has 2 fully saturated rings. The highest BCUT2D eigenvalue weighted by molar-refractivity contribution is 5.70. The van der Waals surface area contributed by atoms with Gasteiger partial charge < -0.3 is 25.0 Å². The Morgan fingerprint density at radius 1 is 0.933 bits per heavy atom. The Hall–Kier alpha value is -2.73. The van der Waals surface area contributed by atoms with Crippen LogP contribution < -0.4 is 15.5 Å². The van der Waals surface area contributed by atoms with E-state index in [9.17, 15) is 13.2 Å². The van der Waals surface area contributed by atoms with E-state index in [0.717, 1.165) is 6.20 Å². The molecule has 0 spiro atoms. The van der Waals surface area contributed by atoms with E-state index in [4.69, 9.17) is 15.2 Å². The number of anilines is 3. The van der Waals surface area contributed by atoms with Gasteiger partial charge in [0.25, 0.3) is 0 Å². The van der Waals surface area contributed by atoms with Crippen LogP contribution in [0.2, 0.25) is 0 Å². The molecule has 0 aliphatic carbocycles. The lowest BCUT2D eigenvalue weighted by Crippen LogP contribution is -2.40. The van der Waals surface area contributed by atoms with Gasteiger partial charge in [0.2, 0.25) is 5.95 Å². The first-order valence-electron chi connectivity index (χ1n) is 9.40. The average Bonchev–Trinajstić information content (AvgIpc) is 2.75. The summed E-state index contributed by atoms with van der Waals surface area (Å²) in [6.45, 7) is 3.18. The zero-order chi connectivity index (χ0) is 21.3. The van der Waals surface area contributed by atoms with E-state index in [-0.39, 0.29) is 17.6 Å². The lowest BCUT2D eigenvalue weighted by molar-refractivity contribution is -0.137. The zero-order valence-corrected chi connectivity index (χ0v) is 16.0. The van der Waals surface area contributed by atoms with Crippen LogP contribution in [0.4, 0.5) is 35.1 Å². The van der Waals surface area contributed by atoms with Crippen molar-refractivity contribution in [1.82, 2.24) is 15.0 Å². The van der Waals surface area contributed by atoms with Crippen molar-refractivity contribution in [3.05, 3.63) is 23.6 Å². The molecule has 0 radical (unpaired) electrons. The van der Waals surface area contributed by atoms with Crippen LogP contribution in [-0.4, -0.2) is 67.6 Å². The number of pyridine rings is 1. The van der Waals surface area contributed by atoms with Crippen LogP contribution in [0.5, 0.6) is 0 Å². The number of rotatable bonds is 3. The summed E-state index contributed by atoms with van der Waals surface area (Å²) in [5.74, 6) is -1.18. The Labute approximate surface area is 169 Å². The number of nitrogens with zero attached hydrogens (tertiary/aromatic N) is 5. The van der Waals surface area contributed by atoms with Gasteiger partial charge in [-0.15, -0.1) is 0 Å². The summed E-state index contributed by atoms with van der Waals surface area (Å²) >= 11 is 0. The summed E-state index contributed by atoms with van der Waals surface area (Å²) in [4.78, 5) is 15.7. The molecule has 0 unspecified atom stereocenters. The highest BCUT2D eigenvalue weighted by atomic mass is 19.4. The molecule has 2 aliphatic heterocycles. The molecule has 0 aromatic carbocycles. The van der Waals surface area contributed by atoms with E-state index in [2.05, 4.69) is 15.0 Å². The normalized spacial score (nSPS) is 18.0. The van der Waals surface area contributed by atoms with Crippen LogP contribution in [0, 0.1) is 5.82 Å². The molecule has 2 aromatic heterocycles. The summed E-state index contributed by atoms with van der Waals surface area (Å²) in [7, 11) is 0. The van der Waals surface area contributed by atoms with Crippen LogP contribution in [0.25, 0.3) is 11.3 Å². The molecule has 0 bridgehead atoms. The van der Waals surface area contributed by atoms with Crippen molar-refractivity contribution in [1.29, 1.82) is 0 Å². The van der Waals surface area contributed by atoms with E-state index >= 15 is 4.39 Å². The molecule has 2 aromatic rings. The molecule has 162 valence electrons. The molecule has 12 heteroatoms. The number of hydrogen-bond acceptors (Lipinski definition) is 8. The van der Waals surface area contributed by atoms with Crippen molar-refractivity contribution in [3.8, 4) is 11.3 Å². The van der Waals surface area contributed by atoms with Crippen LogP contribution in [-0.2, 0) is 15.7 Å². The van der Waals surface area contributed by atoms with E-state index in [0.29, 0.717) is 58.7 Å². The minimum atomic E-state index is -4.76. The van der Waals surface area contributed by atoms with Gasteiger partial charge in [-0.1, -0.05) is 0 Å². The maximum absolute atomic E-state index is 15.5. The molecule has 4 heterocycles. The van der Waals surface area contributed by atoms with Crippen molar-refractivity contribution < 1.29 is 27.0 Å². The highest BCUT2D eigenvalue weighted by Crippen LogP contribution is 2.39. The molecule has 4 rings (SSSR count). The van der Waals surface area contributed by atoms with Crippen LogP contribution in [0.1, 0.15) is 5.56 Å². The maximum Gasteiger partial charge on any atom is 0.417 e. The number of ether oxygens (including phenoxy) is 2. The SMILES string of the molecule is Nc1cc(C(F)(F)F)c(-c2nc(N3CCOCC3)nc(N3CCOCC3)c2F)cn1.